The van der Waals surface area contributed by atoms with E-state index in [1.807, 2.05) is 0 Å². The van der Waals surface area contributed by atoms with Crippen molar-refractivity contribution in [1.82, 2.24) is 9.97 Å². The molecule has 0 fully saturated rings. The van der Waals surface area contributed by atoms with E-state index < -0.39 is 0 Å². The molecule has 1 heterocycles. The Kier molecular flexibility index (Phi) is 1.50. The molecular weight excluding hydrogens is 155 g/mol. The number of hydrogen-bond acceptors (Lipinski definition) is 2. The maximum absolute atomic E-state index is 13.0. The Labute approximate surface area is 69.1 Å². The van der Waals surface area contributed by atoms with Crippen LogP contribution in [-0.2, 0) is 0 Å². The van der Waals surface area contributed by atoms with Gasteiger partial charge < -0.3 is 0 Å². The molecule has 0 atom stereocenters. The summed E-state index contributed by atoms with van der Waals surface area (Å²) >= 11 is 0. The highest BCUT2D eigenvalue weighted by atomic mass is 19.1. The van der Waals surface area contributed by atoms with Crippen LogP contribution >= 0.6 is 0 Å². The molecule has 60 valence electrons. The van der Waals surface area contributed by atoms with Crippen molar-refractivity contribution in [2.75, 3.05) is 0 Å². The molecule has 0 saturated heterocycles. The minimum atomic E-state index is -0.233. The summed E-state index contributed by atoms with van der Waals surface area (Å²) in [6.45, 7) is 1.71. The maximum Gasteiger partial charge on any atom is 0.128 e. The van der Waals surface area contributed by atoms with Crippen molar-refractivity contribution in [3.63, 3.8) is 0 Å². The first-order valence-electron chi connectivity index (χ1n) is 3.64. The summed E-state index contributed by atoms with van der Waals surface area (Å²) in [5.41, 5.74) is 1.93. The largest absolute Gasteiger partial charge is 0.253 e. The van der Waals surface area contributed by atoms with E-state index in [2.05, 4.69) is 9.97 Å². The zero-order valence-corrected chi connectivity index (χ0v) is 6.58. The van der Waals surface area contributed by atoms with E-state index in [-0.39, 0.29) is 5.82 Å². The number of rotatable bonds is 0. The van der Waals surface area contributed by atoms with Crippen LogP contribution in [0.1, 0.15) is 5.56 Å². The zero-order chi connectivity index (χ0) is 8.55. The van der Waals surface area contributed by atoms with Crippen molar-refractivity contribution in [2.24, 2.45) is 0 Å². The van der Waals surface area contributed by atoms with Gasteiger partial charge in [-0.1, -0.05) is 0 Å². The molecule has 0 amide bonds. The number of fused-ring (bicyclic) bond motifs is 1. The molecule has 1 aromatic carbocycles. The van der Waals surface area contributed by atoms with Crippen LogP contribution in [0.5, 0.6) is 0 Å². The van der Waals surface area contributed by atoms with E-state index >= 15 is 0 Å². The third-order valence-electron chi connectivity index (χ3n) is 1.75. The Hall–Kier alpha value is -1.51. The van der Waals surface area contributed by atoms with E-state index in [1.165, 1.54) is 6.07 Å². The smallest absolute Gasteiger partial charge is 0.128 e. The van der Waals surface area contributed by atoms with E-state index in [0.717, 1.165) is 5.52 Å². The predicted molar refractivity (Wildman–Crippen MR) is 44.2 cm³/mol. The lowest BCUT2D eigenvalue weighted by molar-refractivity contribution is 0.620. The highest BCUT2D eigenvalue weighted by molar-refractivity contribution is 5.74. The van der Waals surface area contributed by atoms with Crippen LogP contribution in [0.25, 0.3) is 11.0 Å². The molecule has 0 radical (unpaired) electrons. The van der Waals surface area contributed by atoms with Crippen LogP contribution in [0, 0.1) is 12.7 Å². The Morgan fingerprint density at radius 3 is 2.33 bits per heavy atom. The lowest BCUT2D eigenvalue weighted by Crippen LogP contribution is -1.87. The molecule has 2 rings (SSSR count). The van der Waals surface area contributed by atoms with Crippen LogP contribution in [0.4, 0.5) is 4.39 Å². The van der Waals surface area contributed by atoms with Crippen molar-refractivity contribution in [2.45, 2.75) is 6.92 Å². The predicted octanol–water partition coefficient (Wildman–Crippen LogP) is 2.08. The van der Waals surface area contributed by atoms with Crippen molar-refractivity contribution in [3.05, 3.63) is 35.9 Å². The fourth-order valence-corrected chi connectivity index (χ4v) is 1.09. The van der Waals surface area contributed by atoms with Crippen molar-refractivity contribution in [3.8, 4) is 0 Å². The van der Waals surface area contributed by atoms with Gasteiger partial charge in [0.1, 0.15) is 5.82 Å². The number of nitrogens with zero attached hydrogens (tertiary/aromatic N) is 2. The number of benzene rings is 1. The van der Waals surface area contributed by atoms with Crippen molar-refractivity contribution >= 4 is 11.0 Å². The van der Waals surface area contributed by atoms with Gasteiger partial charge in [-0.3, -0.25) is 9.97 Å². The molecule has 0 N–H and O–H groups in total. The fourth-order valence-electron chi connectivity index (χ4n) is 1.09. The molecule has 0 aliphatic rings. The van der Waals surface area contributed by atoms with E-state index in [0.29, 0.717) is 11.1 Å². The van der Waals surface area contributed by atoms with Gasteiger partial charge in [-0.25, -0.2) is 4.39 Å². The lowest BCUT2D eigenvalue weighted by atomic mass is 10.2. The third-order valence-corrected chi connectivity index (χ3v) is 1.75. The van der Waals surface area contributed by atoms with E-state index in [9.17, 15) is 4.39 Å². The molecule has 0 aliphatic carbocycles. The van der Waals surface area contributed by atoms with E-state index in [1.54, 1.807) is 25.4 Å². The second-order valence-corrected chi connectivity index (χ2v) is 2.65. The van der Waals surface area contributed by atoms with Crippen LogP contribution < -0.4 is 0 Å². The molecular formula is C9H7FN2. The van der Waals surface area contributed by atoms with Gasteiger partial charge in [0, 0.05) is 18.5 Å². The quantitative estimate of drug-likeness (QED) is 0.592. The fraction of sp³-hybridized carbons (Fsp3) is 0.111. The summed E-state index contributed by atoms with van der Waals surface area (Å²) < 4.78 is 13.0. The van der Waals surface area contributed by atoms with Crippen LogP contribution in [0.15, 0.2) is 24.5 Å². The summed E-state index contributed by atoms with van der Waals surface area (Å²) in [7, 11) is 0. The molecule has 1 aromatic heterocycles. The van der Waals surface area contributed by atoms with Gasteiger partial charge in [-0.15, -0.1) is 0 Å². The van der Waals surface area contributed by atoms with Crippen molar-refractivity contribution in [1.29, 1.82) is 0 Å². The maximum atomic E-state index is 13.0. The summed E-state index contributed by atoms with van der Waals surface area (Å²) in [6, 6.07) is 3.09. The molecule has 12 heavy (non-hydrogen) atoms. The Morgan fingerprint density at radius 2 is 1.67 bits per heavy atom. The topological polar surface area (TPSA) is 25.8 Å². The zero-order valence-electron chi connectivity index (χ0n) is 6.58. The minimum absolute atomic E-state index is 0.233. The molecule has 0 bridgehead atoms. The number of aromatic nitrogens is 2. The lowest BCUT2D eigenvalue weighted by Gasteiger charge is -1.98. The number of hydrogen-bond donors (Lipinski definition) is 0. The third kappa shape index (κ3) is 1.03. The molecule has 3 heteroatoms. The average Bonchev–Trinajstić information content (AvgIpc) is 2.07. The summed E-state index contributed by atoms with van der Waals surface area (Å²) in [4.78, 5) is 8.03. The molecule has 0 unspecified atom stereocenters. The number of halogens is 1. The molecule has 0 saturated carbocycles. The molecule has 0 spiro atoms. The Morgan fingerprint density at radius 1 is 1.08 bits per heavy atom. The summed E-state index contributed by atoms with van der Waals surface area (Å²) in [5.74, 6) is -0.233. The van der Waals surface area contributed by atoms with E-state index in [4.69, 9.17) is 0 Å². The van der Waals surface area contributed by atoms with Gasteiger partial charge in [0.2, 0.25) is 0 Å². The Bertz CT molecular complexity index is 385. The van der Waals surface area contributed by atoms with Gasteiger partial charge in [-0.2, -0.15) is 0 Å². The van der Waals surface area contributed by atoms with Crippen molar-refractivity contribution < 1.29 is 4.39 Å². The second kappa shape index (κ2) is 2.52. The van der Waals surface area contributed by atoms with Crippen LogP contribution in [-0.4, -0.2) is 9.97 Å². The van der Waals surface area contributed by atoms with Gasteiger partial charge >= 0.3 is 0 Å². The number of aryl methyl sites for hydroxylation is 1. The molecule has 0 aliphatic heterocycles. The summed E-state index contributed by atoms with van der Waals surface area (Å²) in [5, 5.41) is 0. The molecule has 2 aromatic rings. The standard InChI is InChI=1S/C9H7FN2/c1-6-4-8-9(5-7(6)10)12-3-2-11-8/h2-5H,1H3. The molecule has 2 nitrogen and oxygen atoms in total. The highest BCUT2D eigenvalue weighted by Crippen LogP contribution is 2.13. The second-order valence-electron chi connectivity index (χ2n) is 2.65. The van der Waals surface area contributed by atoms with Gasteiger partial charge in [0.15, 0.2) is 0 Å². The minimum Gasteiger partial charge on any atom is -0.253 e. The normalized spacial score (nSPS) is 10.5. The van der Waals surface area contributed by atoms with Crippen LogP contribution in [0.3, 0.4) is 0 Å². The SMILES string of the molecule is Cc1cc2nccnc2cc1F. The van der Waals surface area contributed by atoms with Gasteiger partial charge in [0.25, 0.3) is 0 Å². The van der Waals surface area contributed by atoms with Gasteiger partial charge in [0.05, 0.1) is 11.0 Å². The van der Waals surface area contributed by atoms with Gasteiger partial charge in [-0.05, 0) is 18.6 Å². The average molecular weight is 162 g/mol. The first-order chi connectivity index (χ1) is 5.77. The summed E-state index contributed by atoms with van der Waals surface area (Å²) in [6.07, 6.45) is 3.15. The Balaban J connectivity index is 2.84. The van der Waals surface area contributed by atoms with Crippen LogP contribution in [0.2, 0.25) is 0 Å². The first-order valence-corrected chi connectivity index (χ1v) is 3.64. The highest BCUT2D eigenvalue weighted by Gasteiger charge is 2.00. The first kappa shape index (κ1) is 7.16. The monoisotopic (exact) mass is 162 g/mol.